The minimum atomic E-state index is -0.702. The normalized spacial score (nSPS) is 19.1. The van der Waals surface area contributed by atoms with E-state index in [1.165, 1.54) is 0 Å². The number of hydrogen-bond acceptors (Lipinski definition) is 3. The van der Waals surface area contributed by atoms with Gasteiger partial charge in [0.25, 0.3) is 5.91 Å². The highest BCUT2D eigenvalue weighted by Crippen LogP contribution is 2.49. The van der Waals surface area contributed by atoms with Crippen molar-refractivity contribution < 1.29 is 9.59 Å². The largest absolute Gasteiger partial charge is 0.357 e. The summed E-state index contributed by atoms with van der Waals surface area (Å²) in [5.41, 5.74) is 3.85. The van der Waals surface area contributed by atoms with Gasteiger partial charge >= 0.3 is 0 Å². The fourth-order valence-electron chi connectivity index (χ4n) is 4.95. The molecule has 0 aromatic heterocycles. The molecule has 0 saturated heterocycles. The van der Waals surface area contributed by atoms with Gasteiger partial charge in [-0.3, -0.25) is 14.5 Å². The molecule has 3 aromatic rings. The maximum atomic E-state index is 14.1. The van der Waals surface area contributed by atoms with Gasteiger partial charge < -0.3 is 5.32 Å². The second-order valence-electron chi connectivity index (χ2n) is 9.58. The highest BCUT2D eigenvalue weighted by atomic mass is 35.5. The van der Waals surface area contributed by atoms with Crippen molar-refractivity contribution in [3.63, 3.8) is 0 Å². The number of para-hydroxylation sites is 2. The van der Waals surface area contributed by atoms with Crippen molar-refractivity contribution in [1.82, 2.24) is 0 Å². The molecule has 4 nitrogen and oxygen atoms in total. The number of anilines is 2. The standard InChI is InChI=1S/C28H24Cl2N2O2/c1-28(2)15-22-25(24(33)16-28)26(19-13-12-18(29)14-20(19)30)32(23-11-7-6-10-21(23)31-22)27(34)17-8-4-3-5-9-17/h3-14,26,31H,15-16H2,1-2H3. The number of benzene rings is 3. The Labute approximate surface area is 209 Å². The molecule has 5 rings (SSSR count). The van der Waals surface area contributed by atoms with Crippen LogP contribution in [0.3, 0.4) is 0 Å². The van der Waals surface area contributed by atoms with Gasteiger partial charge in [-0.1, -0.05) is 73.4 Å². The summed E-state index contributed by atoms with van der Waals surface area (Å²) in [4.78, 5) is 29.5. The lowest BCUT2D eigenvalue weighted by Crippen LogP contribution is -2.39. The van der Waals surface area contributed by atoms with E-state index in [0.717, 1.165) is 11.4 Å². The van der Waals surface area contributed by atoms with Crippen LogP contribution in [0.2, 0.25) is 10.0 Å². The predicted molar refractivity (Wildman–Crippen MR) is 138 cm³/mol. The fraction of sp³-hybridized carbons (Fsp3) is 0.214. The van der Waals surface area contributed by atoms with Gasteiger partial charge in [-0.25, -0.2) is 0 Å². The van der Waals surface area contributed by atoms with Crippen molar-refractivity contribution in [2.24, 2.45) is 5.41 Å². The fourth-order valence-corrected chi connectivity index (χ4v) is 5.46. The van der Waals surface area contributed by atoms with E-state index in [-0.39, 0.29) is 17.1 Å². The molecular formula is C28H24Cl2N2O2. The third-order valence-electron chi connectivity index (χ3n) is 6.40. The maximum Gasteiger partial charge on any atom is 0.259 e. The number of nitrogens with zero attached hydrogens (tertiary/aromatic N) is 1. The van der Waals surface area contributed by atoms with E-state index in [1.54, 1.807) is 29.2 Å². The van der Waals surface area contributed by atoms with Crippen LogP contribution >= 0.6 is 23.2 Å². The summed E-state index contributed by atoms with van der Waals surface area (Å²) in [6.45, 7) is 4.18. The zero-order valence-electron chi connectivity index (χ0n) is 18.9. The van der Waals surface area contributed by atoms with Gasteiger partial charge in [0, 0.05) is 33.3 Å². The number of hydrogen-bond donors (Lipinski definition) is 1. The number of ketones is 1. The zero-order valence-corrected chi connectivity index (χ0v) is 20.5. The van der Waals surface area contributed by atoms with Crippen LogP contribution in [-0.2, 0) is 4.79 Å². The zero-order chi connectivity index (χ0) is 24.0. The lowest BCUT2D eigenvalue weighted by molar-refractivity contribution is -0.118. The average Bonchev–Trinajstić information content (AvgIpc) is 2.92. The number of rotatable bonds is 2. The van der Waals surface area contributed by atoms with Crippen molar-refractivity contribution in [2.45, 2.75) is 32.7 Å². The van der Waals surface area contributed by atoms with Crippen molar-refractivity contribution >= 4 is 46.3 Å². The predicted octanol–water partition coefficient (Wildman–Crippen LogP) is 7.45. The van der Waals surface area contributed by atoms with Crippen LogP contribution in [-0.4, -0.2) is 11.7 Å². The van der Waals surface area contributed by atoms with Gasteiger partial charge in [-0.05, 0) is 53.8 Å². The van der Waals surface area contributed by atoms with E-state index in [1.807, 2.05) is 48.5 Å². The number of carbonyl (C=O) groups excluding carboxylic acids is 2. The van der Waals surface area contributed by atoms with Crippen LogP contribution in [0.15, 0.2) is 84.1 Å². The van der Waals surface area contributed by atoms with E-state index in [9.17, 15) is 9.59 Å². The molecule has 3 aromatic carbocycles. The number of nitrogens with one attached hydrogen (secondary N) is 1. The Hall–Kier alpha value is -3.08. The van der Waals surface area contributed by atoms with Crippen molar-refractivity contribution in [2.75, 3.05) is 10.2 Å². The summed E-state index contributed by atoms with van der Waals surface area (Å²) in [6.07, 6.45) is 1.07. The van der Waals surface area contributed by atoms with Gasteiger partial charge in [-0.2, -0.15) is 0 Å². The molecule has 1 N–H and O–H groups in total. The summed E-state index contributed by atoms with van der Waals surface area (Å²) in [5.74, 6) is -0.203. The Morgan fingerprint density at radius 1 is 0.971 bits per heavy atom. The van der Waals surface area contributed by atoms with Gasteiger partial charge in [0.1, 0.15) is 0 Å². The first-order valence-electron chi connectivity index (χ1n) is 11.2. The van der Waals surface area contributed by atoms with E-state index < -0.39 is 6.04 Å². The molecule has 1 aliphatic carbocycles. The van der Waals surface area contributed by atoms with Crippen LogP contribution in [0.4, 0.5) is 11.4 Å². The maximum absolute atomic E-state index is 14.1. The SMILES string of the molecule is CC1(C)CC(=O)C2=C(C1)Nc1ccccc1N(C(=O)c1ccccc1)C2c1ccc(Cl)cc1Cl. The summed E-state index contributed by atoms with van der Waals surface area (Å²) < 4.78 is 0. The second kappa shape index (κ2) is 8.61. The number of halogens is 2. The number of amides is 1. The monoisotopic (exact) mass is 490 g/mol. The second-order valence-corrected chi connectivity index (χ2v) is 10.4. The van der Waals surface area contributed by atoms with Gasteiger partial charge in [0.2, 0.25) is 0 Å². The molecule has 0 saturated carbocycles. The number of carbonyl (C=O) groups is 2. The molecule has 0 spiro atoms. The highest BCUT2D eigenvalue weighted by molar-refractivity contribution is 6.35. The molecule has 172 valence electrons. The summed E-state index contributed by atoms with van der Waals surface area (Å²) in [7, 11) is 0. The van der Waals surface area contributed by atoms with Crippen molar-refractivity contribution in [1.29, 1.82) is 0 Å². The van der Waals surface area contributed by atoms with Crippen molar-refractivity contribution in [3.05, 3.63) is 105 Å². The van der Waals surface area contributed by atoms with Gasteiger partial charge in [0.05, 0.1) is 17.4 Å². The van der Waals surface area contributed by atoms with Crippen LogP contribution < -0.4 is 10.2 Å². The quantitative estimate of drug-likeness (QED) is 0.405. The highest BCUT2D eigenvalue weighted by Gasteiger charge is 2.44. The molecular weight excluding hydrogens is 467 g/mol. The molecule has 1 heterocycles. The summed E-state index contributed by atoms with van der Waals surface area (Å²) >= 11 is 12.9. The minimum absolute atomic E-state index is 0.00781. The van der Waals surface area contributed by atoms with Crippen LogP contribution in [0.25, 0.3) is 0 Å². The molecule has 1 aliphatic heterocycles. The smallest absolute Gasteiger partial charge is 0.259 e. The molecule has 0 radical (unpaired) electrons. The molecule has 1 amide bonds. The molecule has 0 fully saturated rings. The molecule has 6 heteroatoms. The van der Waals surface area contributed by atoms with Crippen molar-refractivity contribution in [3.8, 4) is 0 Å². The first-order valence-corrected chi connectivity index (χ1v) is 12.0. The third-order valence-corrected chi connectivity index (χ3v) is 6.96. The van der Waals surface area contributed by atoms with Gasteiger partial charge in [-0.15, -0.1) is 0 Å². The summed E-state index contributed by atoms with van der Waals surface area (Å²) in [5, 5.41) is 4.41. The summed E-state index contributed by atoms with van der Waals surface area (Å²) in [6, 6.07) is 21.3. The first-order chi connectivity index (χ1) is 16.2. The minimum Gasteiger partial charge on any atom is -0.357 e. The molecule has 2 aliphatic rings. The Morgan fingerprint density at radius 3 is 2.41 bits per heavy atom. The van der Waals surface area contributed by atoms with Crippen LogP contribution in [0.1, 0.15) is 48.7 Å². The Balaban J connectivity index is 1.82. The Bertz CT molecular complexity index is 1330. The van der Waals surface area contributed by atoms with Crippen LogP contribution in [0, 0.1) is 5.41 Å². The topological polar surface area (TPSA) is 49.4 Å². The Morgan fingerprint density at radius 2 is 1.68 bits per heavy atom. The van der Waals surface area contributed by atoms with Gasteiger partial charge in [0.15, 0.2) is 5.78 Å². The molecule has 0 bridgehead atoms. The third kappa shape index (κ3) is 4.02. The Kier molecular flexibility index (Phi) is 5.75. The molecule has 1 atom stereocenters. The number of allylic oxidation sites excluding steroid dienone is 1. The lowest BCUT2D eigenvalue weighted by Gasteiger charge is -2.37. The average molecular weight is 491 g/mol. The molecule has 1 unspecified atom stereocenters. The molecule has 34 heavy (non-hydrogen) atoms. The van der Waals surface area contributed by atoms with Crippen LogP contribution in [0.5, 0.6) is 0 Å². The van der Waals surface area contributed by atoms with E-state index in [0.29, 0.717) is 45.3 Å². The lowest BCUT2D eigenvalue weighted by atomic mass is 9.73. The number of fused-ring (bicyclic) bond motifs is 1. The van der Waals surface area contributed by atoms with E-state index >= 15 is 0 Å². The van der Waals surface area contributed by atoms with E-state index in [4.69, 9.17) is 23.2 Å². The first kappa shape index (κ1) is 22.7. The van der Waals surface area contributed by atoms with E-state index in [2.05, 4.69) is 19.2 Å². The number of Topliss-reactive ketones (excluding diaryl/α,β-unsaturated/α-hetero) is 1.